The third-order valence-corrected chi connectivity index (χ3v) is 7.01. The van der Waals surface area contributed by atoms with E-state index in [1.807, 2.05) is 97.0 Å². The van der Waals surface area contributed by atoms with Crippen LogP contribution in [0.1, 0.15) is 11.4 Å². The quantitative estimate of drug-likeness (QED) is 0.309. The number of nitrogens with zero attached hydrogens (tertiary/aromatic N) is 5. The number of aromatic nitrogens is 4. The highest BCUT2D eigenvalue weighted by Gasteiger charge is 2.17. The molecule has 0 unspecified atom stereocenters. The van der Waals surface area contributed by atoms with Crippen LogP contribution in [-0.4, -0.2) is 25.2 Å². The van der Waals surface area contributed by atoms with Crippen LogP contribution in [0.3, 0.4) is 0 Å². The molecule has 0 fully saturated rings. The van der Waals surface area contributed by atoms with Crippen molar-refractivity contribution in [1.29, 1.82) is 0 Å². The van der Waals surface area contributed by atoms with Gasteiger partial charge in [-0.25, -0.2) is 14.4 Å². The van der Waals surface area contributed by atoms with Crippen LogP contribution < -0.4 is 10.4 Å². The second-order valence-electron chi connectivity index (χ2n) is 7.59. The molecule has 0 aliphatic carbocycles. The first-order valence-corrected chi connectivity index (χ1v) is 12.2. The van der Waals surface area contributed by atoms with E-state index in [1.54, 1.807) is 15.6 Å². The molecule has 0 aliphatic heterocycles. The van der Waals surface area contributed by atoms with Crippen molar-refractivity contribution in [3.05, 3.63) is 109 Å². The van der Waals surface area contributed by atoms with Crippen molar-refractivity contribution < 1.29 is 0 Å². The maximum absolute atomic E-state index is 13.4. The summed E-state index contributed by atoms with van der Waals surface area (Å²) in [5, 5.41) is 6.71. The molecule has 0 saturated carbocycles. The van der Waals surface area contributed by atoms with Gasteiger partial charge in [0, 0.05) is 28.7 Å². The van der Waals surface area contributed by atoms with Gasteiger partial charge in [-0.05, 0) is 37.3 Å². The summed E-state index contributed by atoms with van der Waals surface area (Å²) >= 11 is 5.08. The molecular formula is C25H21BrN6OS. The third-order valence-electron chi connectivity index (χ3n) is 5.50. The van der Waals surface area contributed by atoms with E-state index < -0.39 is 0 Å². The zero-order valence-corrected chi connectivity index (χ0v) is 20.9. The minimum Gasteiger partial charge on any atom is -0.360 e. The number of thiazole rings is 1. The van der Waals surface area contributed by atoms with Crippen molar-refractivity contribution in [2.45, 2.75) is 6.92 Å². The fourth-order valence-corrected chi connectivity index (χ4v) is 4.99. The number of benzene rings is 2. The molecule has 0 bridgehead atoms. The second-order valence-corrected chi connectivity index (χ2v) is 9.28. The van der Waals surface area contributed by atoms with E-state index in [0.29, 0.717) is 10.5 Å². The Kier molecular flexibility index (Phi) is 6.04. The smallest absolute Gasteiger partial charge is 0.297 e. The molecule has 5 aromatic rings. The Bertz CT molecular complexity index is 1600. The molecule has 0 aliphatic rings. The zero-order chi connectivity index (χ0) is 23.7. The summed E-state index contributed by atoms with van der Waals surface area (Å²) in [5.74, 6) is 0. The van der Waals surface area contributed by atoms with Gasteiger partial charge in [-0.3, -0.25) is 9.48 Å². The van der Waals surface area contributed by atoms with Crippen molar-refractivity contribution >= 4 is 39.2 Å². The van der Waals surface area contributed by atoms with E-state index >= 15 is 0 Å². The molecule has 7 nitrogen and oxygen atoms in total. The SMILES string of the molecule is Cc1c(N=c2scc(-c3ccccc3Br)n2N=Cc2ccc[nH]2)c(=O)n(-c2ccccc2)n1C. The Labute approximate surface area is 208 Å². The van der Waals surface area contributed by atoms with Gasteiger partial charge in [0.25, 0.3) is 5.56 Å². The molecule has 1 N–H and O–H groups in total. The predicted molar refractivity (Wildman–Crippen MR) is 140 cm³/mol. The maximum Gasteiger partial charge on any atom is 0.297 e. The van der Waals surface area contributed by atoms with Crippen LogP contribution in [0, 0.1) is 6.92 Å². The van der Waals surface area contributed by atoms with Gasteiger partial charge < -0.3 is 4.98 Å². The minimum absolute atomic E-state index is 0.179. The first-order valence-electron chi connectivity index (χ1n) is 10.6. The van der Waals surface area contributed by atoms with Crippen LogP contribution in [0.15, 0.2) is 97.7 Å². The van der Waals surface area contributed by atoms with Crippen molar-refractivity contribution in [2.75, 3.05) is 0 Å². The topological polar surface area (TPSA) is 72.4 Å². The summed E-state index contributed by atoms with van der Waals surface area (Å²) in [4.78, 5) is 21.9. The zero-order valence-electron chi connectivity index (χ0n) is 18.5. The van der Waals surface area contributed by atoms with Crippen LogP contribution in [0.5, 0.6) is 0 Å². The number of hydrogen-bond donors (Lipinski definition) is 1. The van der Waals surface area contributed by atoms with E-state index in [-0.39, 0.29) is 5.56 Å². The molecule has 3 aromatic heterocycles. The molecule has 9 heteroatoms. The lowest BCUT2D eigenvalue weighted by Crippen LogP contribution is -2.19. The summed E-state index contributed by atoms with van der Waals surface area (Å²) in [5.41, 5.74) is 4.48. The van der Waals surface area contributed by atoms with E-state index in [4.69, 9.17) is 10.1 Å². The lowest BCUT2D eigenvalue weighted by molar-refractivity contribution is 0.630. The van der Waals surface area contributed by atoms with Crippen molar-refractivity contribution in [3.8, 4) is 16.9 Å². The average Bonchev–Trinajstić information content (AvgIpc) is 3.55. The molecular weight excluding hydrogens is 512 g/mol. The summed E-state index contributed by atoms with van der Waals surface area (Å²) < 4.78 is 6.17. The van der Waals surface area contributed by atoms with Crippen molar-refractivity contribution in [2.24, 2.45) is 17.1 Å². The molecule has 34 heavy (non-hydrogen) atoms. The Hall–Kier alpha value is -3.69. The van der Waals surface area contributed by atoms with E-state index in [9.17, 15) is 4.79 Å². The number of para-hydroxylation sites is 1. The summed E-state index contributed by atoms with van der Waals surface area (Å²) in [7, 11) is 1.86. The average molecular weight is 533 g/mol. The number of nitrogens with one attached hydrogen (secondary N) is 1. The van der Waals surface area contributed by atoms with Gasteiger partial charge in [-0.2, -0.15) is 5.10 Å². The summed E-state index contributed by atoms with van der Waals surface area (Å²) in [6.07, 6.45) is 3.59. The van der Waals surface area contributed by atoms with Gasteiger partial charge in [0.2, 0.25) is 4.80 Å². The van der Waals surface area contributed by atoms with Gasteiger partial charge >= 0.3 is 0 Å². The summed E-state index contributed by atoms with van der Waals surface area (Å²) in [6.45, 7) is 1.90. The second kappa shape index (κ2) is 9.28. The molecule has 3 heterocycles. The lowest BCUT2D eigenvalue weighted by Gasteiger charge is -2.07. The number of rotatable bonds is 5. The van der Waals surface area contributed by atoms with Crippen LogP contribution in [-0.2, 0) is 7.05 Å². The minimum atomic E-state index is -0.179. The standard InChI is InChI=1S/C25H21BrN6OS/c1-17-23(24(33)32(30(17)2)19-10-4-3-5-11-19)29-25-31(28-15-18-9-8-14-27-18)22(16-34-25)20-12-6-7-13-21(20)26/h3-16,27H,1-2H3. The van der Waals surface area contributed by atoms with Crippen LogP contribution in [0.4, 0.5) is 5.69 Å². The predicted octanol–water partition coefficient (Wildman–Crippen LogP) is 5.22. The Morgan fingerprint density at radius 3 is 2.53 bits per heavy atom. The highest BCUT2D eigenvalue weighted by molar-refractivity contribution is 9.10. The first-order chi connectivity index (χ1) is 16.5. The van der Waals surface area contributed by atoms with Gasteiger partial charge in [-0.15, -0.1) is 11.3 Å². The molecule has 170 valence electrons. The van der Waals surface area contributed by atoms with Gasteiger partial charge in [-0.1, -0.05) is 52.3 Å². The number of H-pyrrole nitrogens is 1. The first kappa shape index (κ1) is 22.1. The monoisotopic (exact) mass is 532 g/mol. The maximum atomic E-state index is 13.4. The fraction of sp³-hybridized carbons (Fsp3) is 0.0800. The molecule has 0 radical (unpaired) electrons. The number of aromatic amines is 1. The Morgan fingerprint density at radius 1 is 1.03 bits per heavy atom. The molecule has 0 saturated heterocycles. The Morgan fingerprint density at radius 2 is 1.79 bits per heavy atom. The van der Waals surface area contributed by atoms with Crippen LogP contribution in [0.25, 0.3) is 16.9 Å². The van der Waals surface area contributed by atoms with E-state index in [2.05, 4.69) is 20.9 Å². The van der Waals surface area contributed by atoms with Crippen LogP contribution >= 0.6 is 27.3 Å². The lowest BCUT2D eigenvalue weighted by atomic mass is 10.2. The fourth-order valence-electron chi connectivity index (χ4n) is 3.67. The normalized spacial score (nSPS) is 12.1. The van der Waals surface area contributed by atoms with Gasteiger partial charge in [0.15, 0.2) is 5.69 Å². The third kappa shape index (κ3) is 4.04. The Balaban J connectivity index is 1.72. The molecule has 0 atom stereocenters. The van der Waals surface area contributed by atoms with Gasteiger partial charge in [0.1, 0.15) is 0 Å². The number of halogens is 1. The van der Waals surface area contributed by atoms with E-state index in [1.165, 1.54) is 11.3 Å². The van der Waals surface area contributed by atoms with Crippen molar-refractivity contribution in [1.82, 2.24) is 19.0 Å². The van der Waals surface area contributed by atoms with Crippen LogP contribution in [0.2, 0.25) is 0 Å². The largest absolute Gasteiger partial charge is 0.360 e. The van der Waals surface area contributed by atoms with Crippen molar-refractivity contribution in [3.63, 3.8) is 0 Å². The summed E-state index contributed by atoms with van der Waals surface area (Å²) in [6, 6.07) is 21.4. The van der Waals surface area contributed by atoms with E-state index in [0.717, 1.165) is 32.8 Å². The van der Waals surface area contributed by atoms with Gasteiger partial charge in [0.05, 0.1) is 29.0 Å². The highest BCUT2D eigenvalue weighted by Crippen LogP contribution is 2.28. The molecule has 5 rings (SSSR count). The molecule has 0 spiro atoms. The molecule has 0 amide bonds. The number of hydrogen-bond acceptors (Lipinski definition) is 4. The molecule has 2 aromatic carbocycles. The highest BCUT2D eigenvalue weighted by atomic mass is 79.9.